The van der Waals surface area contributed by atoms with Crippen LogP contribution in [-0.2, 0) is 0 Å². The Balaban J connectivity index is 2.55. The van der Waals surface area contributed by atoms with Gasteiger partial charge < -0.3 is 5.32 Å². The molecule has 1 rings (SSSR count). The van der Waals surface area contributed by atoms with E-state index in [9.17, 15) is 0 Å². The summed E-state index contributed by atoms with van der Waals surface area (Å²) in [5, 5.41) is 3.68. The van der Waals surface area contributed by atoms with Crippen molar-refractivity contribution >= 4 is 11.6 Å². The minimum absolute atomic E-state index is 0.640. The monoisotopic (exact) mass is 258 g/mol. The number of hydrogen-bond donors (Lipinski definition) is 1. The van der Waals surface area contributed by atoms with Crippen LogP contribution in [0.5, 0.6) is 0 Å². The van der Waals surface area contributed by atoms with E-state index in [1.54, 1.807) is 5.54 Å². The smallest absolute Gasteiger partial charge is 0.0222 e. The predicted octanol–water partition coefficient (Wildman–Crippen LogP) is 3.23. The van der Waals surface area contributed by atoms with Crippen LogP contribution in [0.4, 0.5) is 0 Å². The molecule has 1 aliphatic heterocycles. The number of halogens is 1. The maximum absolute atomic E-state index is 5.78. The van der Waals surface area contributed by atoms with Crippen molar-refractivity contribution in [1.82, 2.24) is 10.2 Å². The quantitative estimate of drug-likeness (QED) is 0.815. The molecule has 0 radical (unpaired) electrons. The van der Waals surface area contributed by atoms with Gasteiger partial charge in [0.2, 0.25) is 0 Å². The van der Waals surface area contributed by atoms with Crippen molar-refractivity contribution in [2.24, 2.45) is 5.92 Å². The van der Waals surface area contributed by atoms with Gasteiger partial charge in [-0.25, -0.2) is 0 Å². The van der Waals surface area contributed by atoms with Gasteiger partial charge in [0.1, 0.15) is 0 Å². The molecule has 2 unspecified atom stereocenters. The van der Waals surface area contributed by atoms with E-state index in [2.05, 4.69) is 37.9 Å². The van der Waals surface area contributed by atoms with Gasteiger partial charge in [-0.1, -0.05) is 32.4 Å². The van der Waals surface area contributed by atoms with Gasteiger partial charge in [0.15, 0.2) is 0 Å². The lowest BCUT2D eigenvalue weighted by atomic mass is 9.98. The Morgan fingerprint density at radius 1 is 1.53 bits per heavy atom. The average Bonchev–Trinajstić information content (AvgIpc) is 2.28. The number of piperazine rings is 1. The third-order valence-electron chi connectivity index (χ3n) is 3.48. The third kappa shape index (κ3) is 4.99. The fraction of sp³-hybridized carbons (Fsp3) is 0.857. The summed E-state index contributed by atoms with van der Waals surface area (Å²) in [4.78, 5) is 2.58. The standard InChI is InChI=1S/C14H27ClN2/c1-5-14-8-16-13(6-11(2)3)10-17(14)9-12(4)7-15/h7,11,13-14,16H,5-6,8-10H2,1-4H3. The Morgan fingerprint density at radius 2 is 2.24 bits per heavy atom. The molecule has 0 spiro atoms. The van der Waals surface area contributed by atoms with Gasteiger partial charge in [-0.05, 0) is 31.3 Å². The van der Waals surface area contributed by atoms with E-state index in [1.807, 2.05) is 0 Å². The van der Waals surface area contributed by atoms with Gasteiger partial charge in [0.05, 0.1) is 0 Å². The van der Waals surface area contributed by atoms with Crippen LogP contribution in [0.25, 0.3) is 0 Å². The summed E-state index contributed by atoms with van der Waals surface area (Å²) >= 11 is 5.78. The van der Waals surface area contributed by atoms with E-state index in [4.69, 9.17) is 11.6 Å². The molecule has 1 N–H and O–H groups in total. The van der Waals surface area contributed by atoms with Crippen LogP contribution >= 0.6 is 11.6 Å². The highest BCUT2D eigenvalue weighted by Crippen LogP contribution is 2.16. The highest BCUT2D eigenvalue weighted by molar-refractivity contribution is 6.25. The van der Waals surface area contributed by atoms with Gasteiger partial charge >= 0.3 is 0 Å². The molecule has 0 saturated carbocycles. The topological polar surface area (TPSA) is 15.3 Å². The second-order valence-corrected chi connectivity index (χ2v) is 5.90. The molecule has 0 aliphatic carbocycles. The lowest BCUT2D eigenvalue weighted by Gasteiger charge is -2.41. The minimum Gasteiger partial charge on any atom is -0.311 e. The van der Waals surface area contributed by atoms with Crippen molar-refractivity contribution in [1.29, 1.82) is 0 Å². The zero-order valence-corrected chi connectivity index (χ0v) is 12.4. The highest BCUT2D eigenvalue weighted by atomic mass is 35.5. The lowest BCUT2D eigenvalue weighted by molar-refractivity contribution is 0.129. The van der Waals surface area contributed by atoms with Gasteiger partial charge in [0.25, 0.3) is 0 Å². The highest BCUT2D eigenvalue weighted by Gasteiger charge is 2.26. The fourth-order valence-corrected chi connectivity index (χ4v) is 2.68. The van der Waals surface area contributed by atoms with Gasteiger partial charge in [0, 0.05) is 37.3 Å². The number of hydrogen-bond acceptors (Lipinski definition) is 2. The molecule has 0 aromatic rings. The SMILES string of the molecule is CCC1CNC(CC(C)C)CN1CC(C)=CCl. The molecule has 0 bridgehead atoms. The zero-order valence-electron chi connectivity index (χ0n) is 11.7. The van der Waals surface area contributed by atoms with Crippen molar-refractivity contribution in [2.45, 2.75) is 52.6 Å². The number of nitrogens with zero attached hydrogens (tertiary/aromatic N) is 1. The van der Waals surface area contributed by atoms with Crippen LogP contribution in [-0.4, -0.2) is 36.6 Å². The molecule has 2 nitrogen and oxygen atoms in total. The summed E-state index contributed by atoms with van der Waals surface area (Å²) in [6.45, 7) is 12.2. The number of nitrogens with one attached hydrogen (secondary N) is 1. The maximum atomic E-state index is 5.78. The van der Waals surface area contributed by atoms with E-state index in [0.29, 0.717) is 12.1 Å². The van der Waals surface area contributed by atoms with Crippen LogP contribution in [0, 0.1) is 5.92 Å². The van der Waals surface area contributed by atoms with Crippen LogP contribution in [0.2, 0.25) is 0 Å². The summed E-state index contributed by atoms with van der Waals surface area (Å²) in [6.07, 6.45) is 2.47. The van der Waals surface area contributed by atoms with Gasteiger partial charge in [-0.3, -0.25) is 4.90 Å². The molecular weight excluding hydrogens is 232 g/mol. The molecule has 0 aromatic heterocycles. The largest absolute Gasteiger partial charge is 0.311 e. The van der Waals surface area contributed by atoms with E-state index in [0.717, 1.165) is 25.6 Å². The number of rotatable bonds is 5. The van der Waals surface area contributed by atoms with Crippen molar-refractivity contribution in [3.63, 3.8) is 0 Å². The lowest BCUT2D eigenvalue weighted by Crippen LogP contribution is -2.56. The molecule has 1 saturated heterocycles. The first-order valence-electron chi connectivity index (χ1n) is 6.80. The van der Waals surface area contributed by atoms with Gasteiger partial charge in [-0.2, -0.15) is 0 Å². The molecule has 2 atom stereocenters. The molecule has 1 heterocycles. The Morgan fingerprint density at radius 3 is 2.76 bits per heavy atom. The van der Waals surface area contributed by atoms with Crippen LogP contribution < -0.4 is 5.32 Å². The molecule has 17 heavy (non-hydrogen) atoms. The van der Waals surface area contributed by atoms with E-state index < -0.39 is 0 Å². The second-order valence-electron chi connectivity index (χ2n) is 5.68. The minimum atomic E-state index is 0.640. The molecular formula is C14H27ClN2. The first-order chi connectivity index (χ1) is 8.06. The van der Waals surface area contributed by atoms with Crippen molar-refractivity contribution in [3.05, 3.63) is 11.1 Å². The van der Waals surface area contributed by atoms with Crippen LogP contribution in [0.1, 0.15) is 40.5 Å². The molecule has 0 amide bonds. The van der Waals surface area contributed by atoms with E-state index in [-0.39, 0.29) is 0 Å². The predicted molar refractivity (Wildman–Crippen MR) is 76.5 cm³/mol. The molecule has 100 valence electrons. The molecule has 1 fully saturated rings. The van der Waals surface area contributed by atoms with Crippen molar-refractivity contribution < 1.29 is 0 Å². The zero-order chi connectivity index (χ0) is 12.8. The van der Waals surface area contributed by atoms with Crippen molar-refractivity contribution in [2.75, 3.05) is 19.6 Å². The summed E-state index contributed by atoms with van der Waals surface area (Å²) in [6, 6.07) is 1.30. The summed E-state index contributed by atoms with van der Waals surface area (Å²) in [5.41, 5.74) is 2.97. The third-order valence-corrected chi connectivity index (χ3v) is 3.85. The normalized spacial score (nSPS) is 27.8. The first-order valence-corrected chi connectivity index (χ1v) is 7.23. The maximum Gasteiger partial charge on any atom is 0.0222 e. The average molecular weight is 259 g/mol. The van der Waals surface area contributed by atoms with Crippen molar-refractivity contribution in [3.8, 4) is 0 Å². The van der Waals surface area contributed by atoms with Crippen LogP contribution in [0.3, 0.4) is 0 Å². The fourth-order valence-electron chi connectivity index (χ4n) is 2.61. The van der Waals surface area contributed by atoms with Crippen LogP contribution in [0.15, 0.2) is 11.1 Å². The van der Waals surface area contributed by atoms with E-state index in [1.165, 1.54) is 18.4 Å². The Bertz CT molecular complexity index is 251. The molecule has 3 heteroatoms. The second kappa shape index (κ2) is 7.40. The summed E-state index contributed by atoms with van der Waals surface area (Å²) < 4.78 is 0. The van der Waals surface area contributed by atoms with E-state index >= 15 is 0 Å². The Labute approximate surface area is 111 Å². The first kappa shape index (κ1) is 15.0. The summed E-state index contributed by atoms with van der Waals surface area (Å²) in [5.74, 6) is 0.761. The summed E-state index contributed by atoms with van der Waals surface area (Å²) in [7, 11) is 0. The van der Waals surface area contributed by atoms with Gasteiger partial charge in [-0.15, -0.1) is 0 Å². The Kier molecular flexibility index (Phi) is 6.53. The molecule has 0 aromatic carbocycles. The molecule has 1 aliphatic rings. The Hall–Kier alpha value is -0.0500.